The van der Waals surface area contributed by atoms with Gasteiger partial charge in [-0.1, -0.05) is 52.2 Å². The molecule has 30 heavy (non-hydrogen) atoms. The van der Waals surface area contributed by atoms with Crippen LogP contribution in [0.1, 0.15) is 98.3 Å². The van der Waals surface area contributed by atoms with Crippen LogP contribution in [0.25, 0.3) is 0 Å². The molecule has 0 aromatic rings. The zero-order chi connectivity index (χ0) is 21.7. The Morgan fingerprint density at radius 3 is 2.53 bits per heavy atom. The van der Waals surface area contributed by atoms with Crippen molar-refractivity contribution in [3.63, 3.8) is 0 Å². The number of allylic oxidation sites excluding steroid dienone is 1. The Morgan fingerprint density at radius 1 is 1.10 bits per heavy atom. The van der Waals surface area contributed by atoms with Crippen LogP contribution in [0, 0.1) is 46.3 Å². The molecule has 4 aliphatic carbocycles. The van der Waals surface area contributed by atoms with E-state index in [2.05, 4.69) is 33.8 Å². The summed E-state index contributed by atoms with van der Waals surface area (Å²) in [4.78, 5) is 12.0. The monoisotopic (exact) mass is 415 g/mol. The minimum atomic E-state index is -0.865. The highest BCUT2D eigenvalue weighted by atomic mass is 16.4. The van der Waals surface area contributed by atoms with Crippen molar-refractivity contribution in [3.8, 4) is 0 Å². The average Bonchev–Trinajstić information content (AvgIpc) is 2.99. The maximum atomic E-state index is 12.0. The number of hydrogen-bond donors (Lipinski definition) is 1. The number of carboxylic acids is 1. The summed E-state index contributed by atoms with van der Waals surface area (Å²) in [6.45, 7) is 9.26. The van der Waals surface area contributed by atoms with E-state index < -0.39 is 5.97 Å². The molecular formula is C27H43O3-. The molecule has 1 N–H and O–H groups in total. The average molecular weight is 416 g/mol. The summed E-state index contributed by atoms with van der Waals surface area (Å²) in [5.41, 5.74) is 1.60. The second-order valence-corrected chi connectivity index (χ2v) is 12.2. The van der Waals surface area contributed by atoms with Crippen LogP contribution >= 0.6 is 0 Å². The third-order valence-electron chi connectivity index (χ3n) is 10.3. The molecule has 3 heteroatoms. The summed E-state index contributed by atoms with van der Waals surface area (Å²) in [6.07, 6.45) is 14.1. The maximum absolute atomic E-state index is 12.0. The zero-order valence-corrected chi connectivity index (χ0v) is 19.7. The van der Waals surface area contributed by atoms with E-state index in [-0.39, 0.29) is 17.4 Å². The van der Waals surface area contributed by atoms with Crippen molar-refractivity contribution in [1.29, 1.82) is 0 Å². The fraction of sp³-hybridized carbons (Fsp3) is 0.889. The van der Waals surface area contributed by atoms with E-state index in [1.165, 1.54) is 25.7 Å². The Bertz CT molecular complexity index is 682. The van der Waals surface area contributed by atoms with Gasteiger partial charge in [-0.2, -0.15) is 0 Å². The number of aliphatic hydroxyl groups is 1. The van der Waals surface area contributed by atoms with Gasteiger partial charge in [0.15, 0.2) is 0 Å². The minimum Gasteiger partial charge on any atom is -0.550 e. The molecule has 0 saturated heterocycles. The molecule has 3 fully saturated rings. The molecular weight excluding hydrogens is 372 g/mol. The topological polar surface area (TPSA) is 60.4 Å². The van der Waals surface area contributed by atoms with E-state index in [1.54, 1.807) is 0 Å². The molecule has 0 spiro atoms. The largest absolute Gasteiger partial charge is 0.550 e. The van der Waals surface area contributed by atoms with Gasteiger partial charge < -0.3 is 15.0 Å². The van der Waals surface area contributed by atoms with E-state index in [0.29, 0.717) is 23.2 Å². The highest BCUT2D eigenvalue weighted by molar-refractivity contribution is 5.71. The Morgan fingerprint density at radius 2 is 1.83 bits per heavy atom. The molecule has 0 amide bonds. The predicted octanol–water partition coefficient (Wildman–Crippen LogP) is 5.12. The van der Waals surface area contributed by atoms with Crippen LogP contribution in [-0.2, 0) is 4.79 Å². The van der Waals surface area contributed by atoms with Crippen molar-refractivity contribution >= 4 is 5.97 Å². The van der Waals surface area contributed by atoms with Crippen LogP contribution < -0.4 is 5.11 Å². The molecule has 0 radical (unpaired) electrons. The predicted molar refractivity (Wildman–Crippen MR) is 118 cm³/mol. The first-order chi connectivity index (χ1) is 14.2. The zero-order valence-electron chi connectivity index (χ0n) is 19.7. The van der Waals surface area contributed by atoms with Crippen LogP contribution in [0.5, 0.6) is 0 Å². The first-order valence-corrected chi connectivity index (χ1v) is 12.7. The van der Waals surface area contributed by atoms with Crippen molar-refractivity contribution in [2.24, 2.45) is 46.3 Å². The summed E-state index contributed by atoms with van der Waals surface area (Å²) in [5, 5.41) is 22.6. The van der Waals surface area contributed by atoms with Crippen LogP contribution in [0.15, 0.2) is 11.6 Å². The molecule has 0 heterocycles. The fourth-order valence-corrected chi connectivity index (χ4v) is 8.35. The maximum Gasteiger partial charge on any atom is 0.0596 e. The number of rotatable bonds is 6. The summed E-state index contributed by atoms with van der Waals surface area (Å²) in [5.74, 6) is 2.15. The van der Waals surface area contributed by atoms with E-state index in [9.17, 15) is 15.0 Å². The number of aliphatic carboxylic acids is 1. The molecule has 0 unspecified atom stereocenters. The summed E-state index contributed by atoms with van der Waals surface area (Å²) in [7, 11) is 0. The van der Waals surface area contributed by atoms with Gasteiger partial charge in [-0.05, 0) is 98.2 Å². The van der Waals surface area contributed by atoms with Gasteiger partial charge >= 0.3 is 0 Å². The van der Waals surface area contributed by atoms with Gasteiger partial charge in [-0.25, -0.2) is 0 Å². The number of hydrogen-bond acceptors (Lipinski definition) is 3. The number of fused-ring (bicyclic) bond motifs is 5. The summed E-state index contributed by atoms with van der Waals surface area (Å²) >= 11 is 0. The van der Waals surface area contributed by atoms with Gasteiger partial charge in [-0.3, -0.25) is 0 Å². The van der Waals surface area contributed by atoms with Crippen LogP contribution in [0.2, 0.25) is 0 Å². The van der Waals surface area contributed by atoms with Crippen molar-refractivity contribution in [3.05, 3.63) is 11.6 Å². The lowest BCUT2D eigenvalue weighted by Gasteiger charge is -2.60. The van der Waals surface area contributed by atoms with Gasteiger partial charge in [0.1, 0.15) is 0 Å². The van der Waals surface area contributed by atoms with Crippen LogP contribution in [-0.4, -0.2) is 17.2 Å². The van der Waals surface area contributed by atoms with Gasteiger partial charge in [0, 0.05) is 11.9 Å². The Balaban J connectivity index is 1.50. The fourth-order valence-electron chi connectivity index (χ4n) is 8.35. The third-order valence-corrected chi connectivity index (χ3v) is 10.3. The van der Waals surface area contributed by atoms with Gasteiger partial charge in [0.25, 0.3) is 0 Å². The molecule has 3 nitrogen and oxygen atoms in total. The highest BCUT2D eigenvalue weighted by Gasteiger charge is 2.59. The summed E-state index contributed by atoms with van der Waals surface area (Å²) in [6, 6.07) is 0. The first kappa shape index (κ1) is 22.4. The van der Waals surface area contributed by atoms with Crippen molar-refractivity contribution in [2.45, 2.75) is 104 Å². The number of carbonyl (C=O) groups is 1. The van der Waals surface area contributed by atoms with E-state index >= 15 is 0 Å². The number of aliphatic hydroxyl groups excluding tert-OH is 1. The molecule has 0 bridgehead atoms. The molecule has 3 saturated carbocycles. The van der Waals surface area contributed by atoms with Gasteiger partial charge in [-0.15, -0.1) is 0 Å². The van der Waals surface area contributed by atoms with Crippen LogP contribution in [0.4, 0.5) is 0 Å². The molecule has 8 atom stereocenters. The Hall–Kier alpha value is -0.830. The third kappa shape index (κ3) is 3.67. The highest BCUT2D eigenvalue weighted by Crippen LogP contribution is 2.66. The second-order valence-electron chi connectivity index (χ2n) is 12.2. The number of carbonyl (C=O) groups excluding carboxylic acids is 1. The lowest BCUT2D eigenvalue weighted by atomic mass is 9.45. The molecule has 0 aromatic carbocycles. The van der Waals surface area contributed by atoms with Gasteiger partial charge in [0.2, 0.25) is 0 Å². The molecule has 4 aliphatic rings. The van der Waals surface area contributed by atoms with E-state index in [1.807, 2.05) is 0 Å². The van der Waals surface area contributed by atoms with Crippen LogP contribution in [0.3, 0.4) is 0 Å². The molecule has 0 aromatic heterocycles. The molecule has 0 aliphatic heterocycles. The van der Waals surface area contributed by atoms with Gasteiger partial charge in [0.05, 0.1) is 6.10 Å². The first-order valence-electron chi connectivity index (χ1n) is 12.7. The normalized spacial score (nSPS) is 44.1. The lowest BCUT2D eigenvalue weighted by Crippen LogP contribution is -2.53. The Kier molecular flexibility index (Phi) is 6.16. The van der Waals surface area contributed by atoms with Crippen molar-refractivity contribution in [2.75, 3.05) is 0 Å². The van der Waals surface area contributed by atoms with Crippen molar-refractivity contribution in [1.82, 2.24) is 0 Å². The van der Waals surface area contributed by atoms with E-state index in [4.69, 9.17) is 0 Å². The SMILES string of the molecule is CC(C)CCC[C@H](C(=O)[O-])C1=CC[C@@]2(C)[C@H](CC[C@H]3[C@H]4CC[C@H](O)[C@]4(C)CC[C@@H]32)C1. The summed E-state index contributed by atoms with van der Waals surface area (Å²) < 4.78 is 0. The standard InChI is InChI=1S/C27H44O3/c1-17(2)6-5-7-20(25(29)30)18-12-14-26(3)19(16-18)8-9-21-22-10-11-24(28)27(22,4)15-13-23(21)26/h12,17,19-24,28H,5-11,13-16H2,1-4H3,(H,29,30)/p-1/t19-,20+,21+,22-,23+,24+,26+,27-/m1/s1. The quantitative estimate of drug-likeness (QED) is 0.613. The Labute approximate surface area is 183 Å². The second kappa shape index (κ2) is 8.26. The van der Waals surface area contributed by atoms with E-state index in [0.717, 1.165) is 62.4 Å². The lowest BCUT2D eigenvalue weighted by molar-refractivity contribution is -0.310. The number of carboxylic acid groups (broad SMARTS) is 1. The molecule has 170 valence electrons. The molecule has 4 rings (SSSR count). The van der Waals surface area contributed by atoms with Crippen molar-refractivity contribution < 1.29 is 15.0 Å². The minimum absolute atomic E-state index is 0.110. The smallest absolute Gasteiger partial charge is 0.0596 e.